The SMILES string of the molecule is CCCC1(C(=O)O)CCCN1C(=O)[C@@H](C)NC(=O)OCC1c2ccccc2-c2ccccc21. The Hall–Kier alpha value is -3.35. The number of carboxylic acids is 1. The van der Waals surface area contributed by atoms with Crippen LogP contribution in [0.1, 0.15) is 56.6 Å². The number of nitrogens with one attached hydrogen (secondary N) is 1. The number of benzene rings is 2. The van der Waals surface area contributed by atoms with E-state index >= 15 is 0 Å². The Morgan fingerprint density at radius 1 is 1.12 bits per heavy atom. The number of hydrogen-bond donors (Lipinski definition) is 2. The average molecular weight is 451 g/mol. The molecule has 2 aliphatic rings. The van der Waals surface area contributed by atoms with Gasteiger partial charge >= 0.3 is 12.1 Å². The number of fused-ring (bicyclic) bond motifs is 3. The Balaban J connectivity index is 1.40. The first-order valence-electron chi connectivity index (χ1n) is 11.6. The lowest BCUT2D eigenvalue weighted by Crippen LogP contribution is -2.57. The van der Waals surface area contributed by atoms with Gasteiger partial charge in [-0.05, 0) is 48.4 Å². The van der Waals surface area contributed by atoms with Crippen LogP contribution in [0.25, 0.3) is 11.1 Å². The third-order valence-electron chi connectivity index (χ3n) is 6.86. The van der Waals surface area contributed by atoms with Crippen molar-refractivity contribution in [2.45, 2.75) is 57.0 Å². The zero-order chi connectivity index (χ0) is 23.6. The van der Waals surface area contributed by atoms with E-state index in [2.05, 4.69) is 17.4 Å². The van der Waals surface area contributed by atoms with Crippen LogP contribution < -0.4 is 5.32 Å². The normalized spacial score (nSPS) is 20.1. The van der Waals surface area contributed by atoms with Gasteiger partial charge < -0.3 is 20.1 Å². The Labute approximate surface area is 193 Å². The second kappa shape index (κ2) is 9.25. The Morgan fingerprint density at radius 2 is 1.73 bits per heavy atom. The van der Waals surface area contributed by atoms with Crippen LogP contribution in [0.2, 0.25) is 0 Å². The summed E-state index contributed by atoms with van der Waals surface area (Å²) in [5, 5.41) is 12.4. The molecular formula is C26H30N2O5. The van der Waals surface area contributed by atoms with E-state index in [0.29, 0.717) is 32.2 Å². The summed E-state index contributed by atoms with van der Waals surface area (Å²) < 4.78 is 5.53. The molecule has 1 aliphatic carbocycles. The number of aliphatic carboxylic acids is 1. The summed E-state index contributed by atoms with van der Waals surface area (Å²) in [4.78, 5) is 39.1. The first-order chi connectivity index (χ1) is 15.9. The highest BCUT2D eigenvalue weighted by Gasteiger charge is 2.50. The smallest absolute Gasteiger partial charge is 0.407 e. The molecule has 33 heavy (non-hydrogen) atoms. The van der Waals surface area contributed by atoms with Crippen LogP contribution in [0.15, 0.2) is 48.5 Å². The number of alkyl carbamates (subject to hydrolysis) is 1. The van der Waals surface area contributed by atoms with Crippen molar-refractivity contribution in [1.29, 1.82) is 0 Å². The second-order valence-corrected chi connectivity index (χ2v) is 8.87. The highest BCUT2D eigenvalue weighted by atomic mass is 16.5. The molecule has 2 aromatic carbocycles. The molecule has 1 saturated heterocycles. The Kier molecular flexibility index (Phi) is 6.40. The summed E-state index contributed by atoms with van der Waals surface area (Å²) in [6.45, 7) is 4.01. The van der Waals surface area contributed by atoms with Crippen molar-refractivity contribution in [3.05, 3.63) is 59.7 Å². The summed E-state index contributed by atoms with van der Waals surface area (Å²) in [6.07, 6.45) is 1.43. The van der Waals surface area contributed by atoms with Gasteiger partial charge in [0.2, 0.25) is 5.91 Å². The summed E-state index contributed by atoms with van der Waals surface area (Å²) >= 11 is 0. The maximum Gasteiger partial charge on any atom is 0.407 e. The van der Waals surface area contributed by atoms with E-state index < -0.39 is 29.6 Å². The molecule has 0 saturated carbocycles. The lowest BCUT2D eigenvalue weighted by Gasteiger charge is -2.36. The molecule has 2 atom stereocenters. The van der Waals surface area contributed by atoms with E-state index in [4.69, 9.17) is 4.74 Å². The summed E-state index contributed by atoms with van der Waals surface area (Å²) in [5.41, 5.74) is 3.31. The number of hydrogen-bond acceptors (Lipinski definition) is 4. The van der Waals surface area contributed by atoms with E-state index in [1.807, 2.05) is 43.3 Å². The van der Waals surface area contributed by atoms with Gasteiger partial charge in [-0.2, -0.15) is 0 Å². The van der Waals surface area contributed by atoms with Crippen LogP contribution in [-0.2, 0) is 14.3 Å². The fraction of sp³-hybridized carbons (Fsp3) is 0.423. The quantitative estimate of drug-likeness (QED) is 0.660. The zero-order valence-corrected chi connectivity index (χ0v) is 19.0. The minimum Gasteiger partial charge on any atom is -0.479 e. The van der Waals surface area contributed by atoms with E-state index in [9.17, 15) is 19.5 Å². The van der Waals surface area contributed by atoms with Gasteiger partial charge in [0, 0.05) is 12.5 Å². The fourth-order valence-corrected chi connectivity index (χ4v) is 5.31. The van der Waals surface area contributed by atoms with E-state index in [1.54, 1.807) is 6.92 Å². The second-order valence-electron chi connectivity index (χ2n) is 8.87. The van der Waals surface area contributed by atoms with Crippen molar-refractivity contribution in [3.63, 3.8) is 0 Å². The standard InChI is InChI=1S/C26H30N2O5/c1-3-13-26(24(30)31)14-8-15-28(26)23(29)17(2)27-25(32)33-16-22-20-11-6-4-9-18(20)19-10-5-7-12-21(19)22/h4-7,9-12,17,22H,3,8,13-16H2,1-2H3,(H,27,32)(H,30,31)/t17-,26?/m1/s1. The highest BCUT2D eigenvalue weighted by molar-refractivity contribution is 5.91. The van der Waals surface area contributed by atoms with Gasteiger partial charge in [0.05, 0.1) is 0 Å². The van der Waals surface area contributed by atoms with E-state index in [1.165, 1.54) is 4.90 Å². The predicted octanol–water partition coefficient (Wildman–Crippen LogP) is 4.16. The van der Waals surface area contributed by atoms with Gasteiger partial charge in [-0.1, -0.05) is 61.9 Å². The number of carbonyl (C=O) groups is 3. The molecule has 2 amide bonds. The third-order valence-corrected chi connectivity index (χ3v) is 6.86. The topological polar surface area (TPSA) is 95.9 Å². The van der Waals surface area contributed by atoms with Crippen molar-refractivity contribution in [3.8, 4) is 11.1 Å². The molecule has 1 aliphatic heterocycles. The number of rotatable bonds is 7. The first-order valence-corrected chi connectivity index (χ1v) is 11.6. The van der Waals surface area contributed by atoms with Crippen molar-refractivity contribution in [1.82, 2.24) is 10.2 Å². The molecule has 0 aromatic heterocycles. The molecule has 0 spiro atoms. The minimum absolute atomic E-state index is 0.0723. The van der Waals surface area contributed by atoms with Crippen LogP contribution in [0, 0.1) is 0 Å². The largest absolute Gasteiger partial charge is 0.479 e. The summed E-state index contributed by atoms with van der Waals surface area (Å²) in [6, 6.07) is 15.3. The van der Waals surface area contributed by atoms with Crippen molar-refractivity contribution in [2.24, 2.45) is 0 Å². The van der Waals surface area contributed by atoms with Crippen LogP contribution in [-0.4, -0.2) is 52.7 Å². The number of nitrogens with zero attached hydrogens (tertiary/aromatic N) is 1. The average Bonchev–Trinajstić information content (AvgIpc) is 3.37. The molecular weight excluding hydrogens is 420 g/mol. The van der Waals surface area contributed by atoms with Crippen LogP contribution in [0.5, 0.6) is 0 Å². The van der Waals surface area contributed by atoms with Gasteiger partial charge in [0.1, 0.15) is 18.2 Å². The van der Waals surface area contributed by atoms with E-state index in [0.717, 1.165) is 22.3 Å². The number of carboxylic acid groups (broad SMARTS) is 1. The molecule has 174 valence electrons. The lowest BCUT2D eigenvalue weighted by atomic mass is 9.90. The van der Waals surface area contributed by atoms with Crippen molar-refractivity contribution >= 4 is 18.0 Å². The third kappa shape index (κ3) is 4.08. The molecule has 4 rings (SSSR count). The number of carbonyl (C=O) groups excluding carboxylic acids is 2. The molecule has 7 nitrogen and oxygen atoms in total. The number of likely N-dealkylation sites (tertiary alicyclic amines) is 1. The van der Waals surface area contributed by atoms with Gasteiger partial charge in [-0.15, -0.1) is 0 Å². The Morgan fingerprint density at radius 3 is 2.30 bits per heavy atom. The van der Waals surface area contributed by atoms with Gasteiger partial charge in [-0.3, -0.25) is 4.79 Å². The summed E-state index contributed by atoms with van der Waals surface area (Å²) in [5.74, 6) is -1.45. The molecule has 2 N–H and O–H groups in total. The zero-order valence-electron chi connectivity index (χ0n) is 19.0. The molecule has 1 fully saturated rings. The minimum atomic E-state index is -1.19. The highest BCUT2D eigenvalue weighted by Crippen LogP contribution is 2.44. The maximum absolute atomic E-state index is 13.1. The van der Waals surface area contributed by atoms with Crippen LogP contribution >= 0.6 is 0 Å². The molecule has 0 bridgehead atoms. The maximum atomic E-state index is 13.1. The number of amides is 2. The molecule has 1 unspecified atom stereocenters. The monoisotopic (exact) mass is 450 g/mol. The molecule has 0 radical (unpaired) electrons. The van der Waals surface area contributed by atoms with Crippen LogP contribution in [0.4, 0.5) is 4.79 Å². The number of ether oxygens (including phenoxy) is 1. The molecule has 7 heteroatoms. The lowest BCUT2D eigenvalue weighted by molar-refractivity contribution is -0.157. The van der Waals surface area contributed by atoms with Gasteiger partial charge in [0.15, 0.2) is 0 Å². The Bertz CT molecular complexity index is 1020. The van der Waals surface area contributed by atoms with Gasteiger partial charge in [0.25, 0.3) is 0 Å². The van der Waals surface area contributed by atoms with Gasteiger partial charge in [-0.25, -0.2) is 9.59 Å². The molecule has 1 heterocycles. The van der Waals surface area contributed by atoms with Crippen LogP contribution in [0.3, 0.4) is 0 Å². The summed E-state index contributed by atoms with van der Waals surface area (Å²) in [7, 11) is 0. The van der Waals surface area contributed by atoms with Crippen molar-refractivity contribution < 1.29 is 24.2 Å². The predicted molar refractivity (Wildman–Crippen MR) is 124 cm³/mol. The fourth-order valence-electron chi connectivity index (χ4n) is 5.31. The van der Waals surface area contributed by atoms with Crippen molar-refractivity contribution in [2.75, 3.05) is 13.2 Å². The van der Waals surface area contributed by atoms with E-state index in [-0.39, 0.29) is 12.5 Å². The molecule has 2 aromatic rings. The first kappa shape index (κ1) is 22.8.